The lowest BCUT2D eigenvalue weighted by atomic mass is 10.2. The zero-order valence-corrected chi connectivity index (χ0v) is 14.9. The van der Waals surface area contributed by atoms with Gasteiger partial charge in [0.15, 0.2) is 0 Å². The van der Waals surface area contributed by atoms with Crippen LogP contribution in [0.25, 0.3) is 21.8 Å². The molecule has 1 aromatic heterocycles. The number of aromatic nitrogens is 1. The summed E-state index contributed by atoms with van der Waals surface area (Å²) in [6.45, 7) is 1.81. The number of nitrogens with one attached hydrogen (secondary N) is 1. The zero-order chi connectivity index (χ0) is 18.1. The van der Waals surface area contributed by atoms with Gasteiger partial charge in [0, 0.05) is 16.5 Å². The highest BCUT2D eigenvalue weighted by Crippen LogP contribution is 2.33. The van der Waals surface area contributed by atoms with Crippen LogP contribution in [0.15, 0.2) is 72.8 Å². The van der Waals surface area contributed by atoms with Crippen molar-refractivity contribution < 1.29 is 9.84 Å². The molecule has 3 aromatic carbocycles. The first-order valence-corrected chi connectivity index (χ1v) is 8.75. The van der Waals surface area contributed by atoms with E-state index in [1.165, 1.54) is 10.8 Å². The van der Waals surface area contributed by atoms with Crippen LogP contribution in [0.3, 0.4) is 0 Å². The second kappa shape index (κ2) is 6.73. The van der Waals surface area contributed by atoms with Crippen molar-refractivity contribution in [3.8, 4) is 5.75 Å². The van der Waals surface area contributed by atoms with E-state index >= 15 is 0 Å². The van der Waals surface area contributed by atoms with E-state index in [2.05, 4.69) is 34.1 Å². The van der Waals surface area contributed by atoms with E-state index in [-0.39, 0.29) is 6.17 Å². The van der Waals surface area contributed by atoms with Crippen molar-refractivity contribution in [2.75, 3.05) is 12.4 Å². The van der Waals surface area contributed by atoms with Crippen molar-refractivity contribution in [2.45, 2.75) is 19.2 Å². The average Bonchev–Trinajstić information content (AvgIpc) is 3.01. The molecule has 0 amide bonds. The van der Waals surface area contributed by atoms with Gasteiger partial charge < -0.3 is 19.7 Å². The zero-order valence-electron chi connectivity index (χ0n) is 14.9. The smallest absolute Gasteiger partial charge is 0.130 e. The number of hydrogen-bond acceptors (Lipinski definition) is 3. The Labute approximate surface area is 152 Å². The van der Waals surface area contributed by atoms with Gasteiger partial charge in [0.05, 0.1) is 24.2 Å². The second-order valence-electron chi connectivity index (χ2n) is 6.46. The van der Waals surface area contributed by atoms with Gasteiger partial charge in [-0.05, 0) is 43.3 Å². The fourth-order valence-electron chi connectivity index (χ4n) is 3.51. The van der Waals surface area contributed by atoms with E-state index in [1.54, 1.807) is 7.11 Å². The van der Waals surface area contributed by atoms with E-state index in [1.807, 2.05) is 55.5 Å². The molecule has 4 rings (SSSR count). The molecule has 2 atom stereocenters. The lowest BCUT2D eigenvalue weighted by molar-refractivity contribution is 0.147. The summed E-state index contributed by atoms with van der Waals surface area (Å²) in [5.74, 6) is 0.806. The quantitative estimate of drug-likeness (QED) is 0.546. The molecule has 4 aromatic rings. The summed E-state index contributed by atoms with van der Waals surface area (Å²) in [4.78, 5) is 0. The predicted octanol–water partition coefficient (Wildman–Crippen LogP) is 4.79. The second-order valence-corrected chi connectivity index (χ2v) is 6.46. The van der Waals surface area contributed by atoms with Crippen molar-refractivity contribution in [2.24, 2.45) is 0 Å². The predicted molar refractivity (Wildman–Crippen MR) is 107 cm³/mol. The van der Waals surface area contributed by atoms with Crippen molar-refractivity contribution in [3.63, 3.8) is 0 Å². The highest BCUT2D eigenvalue weighted by Gasteiger charge is 2.22. The molecule has 2 unspecified atom stereocenters. The summed E-state index contributed by atoms with van der Waals surface area (Å²) in [5.41, 5.74) is 3.12. The maximum absolute atomic E-state index is 10.6. The molecule has 0 aliphatic heterocycles. The van der Waals surface area contributed by atoms with Crippen LogP contribution in [0.2, 0.25) is 0 Å². The standard InChI is InChI=1S/C22H22N2O2/c1-15(25)22(23-16-11-13-17(26-2)14-12-16)24-20-9-5-3-7-18(20)19-8-4-6-10-21(19)24/h3-15,22-23,25H,1-2H3. The lowest BCUT2D eigenvalue weighted by Crippen LogP contribution is -2.28. The van der Waals surface area contributed by atoms with Gasteiger partial charge in [-0.1, -0.05) is 36.4 Å². The molecular formula is C22H22N2O2. The van der Waals surface area contributed by atoms with E-state index in [9.17, 15) is 5.11 Å². The third-order valence-electron chi connectivity index (χ3n) is 4.76. The SMILES string of the molecule is COc1ccc(NC(C(C)O)n2c3ccccc3c3ccccc32)cc1. The molecule has 0 spiro atoms. The Morgan fingerprint density at radius 3 is 1.88 bits per heavy atom. The third-order valence-corrected chi connectivity index (χ3v) is 4.76. The van der Waals surface area contributed by atoms with E-state index in [0.29, 0.717) is 0 Å². The van der Waals surface area contributed by atoms with Crippen molar-refractivity contribution >= 4 is 27.5 Å². The van der Waals surface area contributed by atoms with Gasteiger partial charge in [-0.15, -0.1) is 0 Å². The number of nitrogens with zero attached hydrogens (tertiary/aromatic N) is 1. The number of benzene rings is 3. The molecule has 0 saturated heterocycles. The van der Waals surface area contributed by atoms with Gasteiger partial charge in [0.25, 0.3) is 0 Å². The number of methoxy groups -OCH3 is 1. The van der Waals surface area contributed by atoms with Gasteiger partial charge in [-0.2, -0.15) is 0 Å². The van der Waals surface area contributed by atoms with Crippen LogP contribution < -0.4 is 10.1 Å². The fourth-order valence-corrected chi connectivity index (χ4v) is 3.51. The number of ether oxygens (including phenoxy) is 1. The normalized spacial score (nSPS) is 13.7. The molecule has 0 bridgehead atoms. The summed E-state index contributed by atoms with van der Waals surface area (Å²) in [5, 5.41) is 16.4. The number of aliphatic hydroxyl groups excluding tert-OH is 1. The molecular weight excluding hydrogens is 324 g/mol. The molecule has 26 heavy (non-hydrogen) atoms. The Bertz CT molecular complexity index is 982. The summed E-state index contributed by atoms with van der Waals surface area (Å²) < 4.78 is 7.41. The number of rotatable bonds is 5. The van der Waals surface area contributed by atoms with Crippen LogP contribution in [-0.4, -0.2) is 22.9 Å². The Kier molecular flexibility index (Phi) is 4.27. The minimum Gasteiger partial charge on any atom is -0.497 e. The van der Waals surface area contributed by atoms with Gasteiger partial charge >= 0.3 is 0 Å². The Balaban J connectivity index is 1.85. The van der Waals surface area contributed by atoms with E-state index in [0.717, 1.165) is 22.5 Å². The first-order valence-electron chi connectivity index (χ1n) is 8.75. The first kappa shape index (κ1) is 16.5. The minimum atomic E-state index is -0.587. The minimum absolute atomic E-state index is 0.298. The molecule has 4 nitrogen and oxygen atoms in total. The Morgan fingerprint density at radius 2 is 1.38 bits per heavy atom. The van der Waals surface area contributed by atoms with E-state index < -0.39 is 6.10 Å². The number of fused-ring (bicyclic) bond motifs is 3. The first-order chi connectivity index (χ1) is 12.7. The van der Waals surface area contributed by atoms with Crippen LogP contribution >= 0.6 is 0 Å². The molecule has 0 radical (unpaired) electrons. The number of para-hydroxylation sites is 2. The Morgan fingerprint density at radius 1 is 0.846 bits per heavy atom. The molecule has 0 aliphatic carbocycles. The molecule has 4 heteroatoms. The summed E-state index contributed by atoms with van der Waals surface area (Å²) in [6.07, 6.45) is -0.885. The van der Waals surface area contributed by atoms with Crippen LogP contribution in [-0.2, 0) is 0 Å². The molecule has 0 saturated carbocycles. The van der Waals surface area contributed by atoms with Crippen LogP contribution in [0, 0.1) is 0 Å². The lowest BCUT2D eigenvalue weighted by Gasteiger charge is -2.26. The van der Waals surface area contributed by atoms with Crippen LogP contribution in [0.5, 0.6) is 5.75 Å². The van der Waals surface area contributed by atoms with Gasteiger partial charge in [0.1, 0.15) is 11.9 Å². The van der Waals surface area contributed by atoms with Gasteiger partial charge in [0.2, 0.25) is 0 Å². The highest BCUT2D eigenvalue weighted by molar-refractivity contribution is 6.08. The maximum atomic E-state index is 10.6. The monoisotopic (exact) mass is 346 g/mol. The van der Waals surface area contributed by atoms with Crippen LogP contribution in [0.4, 0.5) is 5.69 Å². The summed E-state index contributed by atoms with van der Waals surface area (Å²) in [6, 6.07) is 24.3. The van der Waals surface area contributed by atoms with Crippen molar-refractivity contribution in [1.29, 1.82) is 0 Å². The summed E-state index contributed by atoms with van der Waals surface area (Å²) in [7, 11) is 1.65. The van der Waals surface area contributed by atoms with Crippen molar-refractivity contribution in [3.05, 3.63) is 72.8 Å². The van der Waals surface area contributed by atoms with E-state index in [4.69, 9.17) is 4.74 Å². The number of aliphatic hydroxyl groups is 1. The molecule has 0 fully saturated rings. The number of anilines is 1. The largest absolute Gasteiger partial charge is 0.497 e. The van der Waals surface area contributed by atoms with Gasteiger partial charge in [-0.25, -0.2) is 0 Å². The highest BCUT2D eigenvalue weighted by atomic mass is 16.5. The maximum Gasteiger partial charge on any atom is 0.130 e. The molecule has 1 heterocycles. The number of hydrogen-bond donors (Lipinski definition) is 2. The average molecular weight is 346 g/mol. The fraction of sp³-hybridized carbons (Fsp3) is 0.182. The molecule has 2 N–H and O–H groups in total. The van der Waals surface area contributed by atoms with Crippen LogP contribution in [0.1, 0.15) is 13.1 Å². The third kappa shape index (κ3) is 2.78. The van der Waals surface area contributed by atoms with Gasteiger partial charge in [-0.3, -0.25) is 0 Å². The Hall–Kier alpha value is -2.98. The van der Waals surface area contributed by atoms with Crippen molar-refractivity contribution in [1.82, 2.24) is 4.57 Å². The summed E-state index contributed by atoms with van der Waals surface area (Å²) >= 11 is 0. The molecule has 132 valence electrons. The molecule has 0 aliphatic rings. The topological polar surface area (TPSA) is 46.4 Å².